The van der Waals surface area contributed by atoms with Crippen molar-refractivity contribution in [2.45, 2.75) is 32.1 Å². The summed E-state index contributed by atoms with van der Waals surface area (Å²) in [5, 5.41) is 0.843. The van der Waals surface area contributed by atoms with Crippen LogP contribution in [0.4, 0.5) is 0 Å². The Morgan fingerprint density at radius 2 is 1.94 bits per heavy atom. The van der Waals surface area contributed by atoms with Crippen molar-refractivity contribution in [3.63, 3.8) is 0 Å². The van der Waals surface area contributed by atoms with Crippen LogP contribution in [0.3, 0.4) is 0 Å². The molecular weight excluding hydrogens is 240 g/mol. The minimum absolute atomic E-state index is 0.0295. The first kappa shape index (κ1) is 10.2. The molecule has 2 N–H and O–H groups in total. The third-order valence-corrected chi connectivity index (χ3v) is 4.51. The molecule has 16 heavy (non-hydrogen) atoms. The first-order chi connectivity index (χ1) is 7.75. The summed E-state index contributed by atoms with van der Waals surface area (Å²) in [6, 6.07) is 0. The molecule has 2 aromatic heterocycles. The third-order valence-electron chi connectivity index (χ3n) is 3.10. The van der Waals surface area contributed by atoms with Gasteiger partial charge in [-0.1, -0.05) is 6.42 Å². The van der Waals surface area contributed by atoms with Gasteiger partial charge in [-0.05, 0) is 43.5 Å². The van der Waals surface area contributed by atoms with Crippen LogP contribution in [-0.4, -0.2) is 9.97 Å². The van der Waals surface area contributed by atoms with Crippen LogP contribution in [0.1, 0.15) is 29.7 Å². The molecule has 0 saturated heterocycles. The fourth-order valence-corrected chi connectivity index (χ4v) is 3.92. The van der Waals surface area contributed by atoms with E-state index in [1.807, 2.05) is 0 Å². The molecule has 3 rings (SSSR count). The maximum atomic E-state index is 11.9. The Hall–Kier alpha value is -0.940. The summed E-state index contributed by atoms with van der Waals surface area (Å²) < 4.78 is 0.425. The van der Waals surface area contributed by atoms with Crippen LogP contribution < -0.4 is 5.56 Å². The maximum absolute atomic E-state index is 11.9. The number of hydrogen-bond donors (Lipinski definition) is 2. The van der Waals surface area contributed by atoms with Crippen molar-refractivity contribution < 1.29 is 0 Å². The van der Waals surface area contributed by atoms with Crippen LogP contribution >= 0.6 is 23.6 Å². The van der Waals surface area contributed by atoms with Gasteiger partial charge in [0.2, 0.25) is 0 Å². The predicted octanol–water partition coefficient (Wildman–Crippen LogP) is 2.92. The summed E-state index contributed by atoms with van der Waals surface area (Å²) in [6.07, 6.45) is 5.83. The molecule has 3 nitrogen and oxygen atoms in total. The molecule has 0 fully saturated rings. The molecule has 0 aliphatic heterocycles. The molecule has 0 aromatic carbocycles. The van der Waals surface area contributed by atoms with Crippen LogP contribution in [0.25, 0.3) is 10.2 Å². The van der Waals surface area contributed by atoms with Gasteiger partial charge in [0.15, 0.2) is 4.77 Å². The standard InChI is InChI=1S/C11H12N2OS2/c14-9-8-6-4-2-1-3-5-7(6)16-10(8)13-11(15)12-9/h1-5H2,(H2,12,13,14,15). The molecule has 1 aliphatic rings. The average molecular weight is 252 g/mol. The second-order valence-corrected chi connectivity index (χ2v) is 5.69. The fourth-order valence-electron chi connectivity index (χ4n) is 2.37. The van der Waals surface area contributed by atoms with Gasteiger partial charge in [0.1, 0.15) is 4.83 Å². The molecule has 0 saturated carbocycles. The van der Waals surface area contributed by atoms with Gasteiger partial charge in [-0.25, -0.2) is 0 Å². The van der Waals surface area contributed by atoms with Gasteiger partial charge in [0, 0.05) is 4.88 Å². The molecule has 1 aliphatic carbocycles. The smallest absolute Gasteiger partial charge is 0.260 e. The molecular formula is C11H12N2OS2. The first-order valence-electron chi connectivity index (χ1n) is 5.52. The molecule has 5 heteroatoms. The van der Waals surface area contributed by atoms with E-state index in [1.54, 1.807) is 11.3 Å². The van der Waals surface area contributed by atoms with E-state index < -0.39 is 0 Å². The summed E-state index contributed by atoms with van der Waals surface area (Å²) >= 11 is 6.69. The number of aromatic amines is 2. The topological polar surface area (TPSA) is 48.6 Å². The van der Waals surface area contributed by atoms with E-state index in [1.165, 1.54) is 29.7 Å². The van der Waals surface area contributed by atoms with Crippen LogP contribution in [0.15, 0.2) is 4.79 Å². The van der Waals surface area contributed by atoms with Crippen molar-refractivity contribution in [3.8, 4) is 0 Å². The van der Waals surface area contributed by atoms with Crippen molar-refractivity contribution in [2.24, 2.45) is 0 Å². The minimum Gasteiger partial charge on any atom is -0.323 e. The summed E-state index contributed by atoms with van der Waals surface area (Å²) in [5.41, 5.74) is 1.23. The minimum atomic E-state index is -0.0295. The summed E-state index contributed by atoms with van der Waals surface area (Å²) in [6.45, 7) is 0. The molecule has 0 spiro atoms. The van der Waals surface area contributed by atoms with E-state index >= 15 is 0 Å². The average Bonchev–Trinajstić information content (AvgIpc) is 2.42. The number of aryl methyl sites for hydroxylation is 2. The van der Waals surface area contributed by atoms with Crippen molar-refractivity contribution in [2.75, 3.05) is 0 Å². The van der Waals surface area contributed by atoms with Gasteiger partial charge in [-0.2, -0.15) is 0 Å². The van der Waals surface area contributed by atoms with E-state index in [-0.39, 0.29) is 5.56 Å². The zero-order valence-electron chi connectivity index (χ0n) is 8.76. The van der Waals surface area contributed by atoms with Crippen LogP contribution in [-0.2, 0) is 12.8 Å². The van der Waals surface area contributed by atoms with E-state index in [0.29, 0.717) is 4.77 Å². The largest absolute Gasteiger partial charge is 0.323 e. The number of H-pyrrole nitrogens is 2. The van der Waals surface area contributed by atoms with Crippen molar-refractivity contribution in [1.29, 1.82) is 0 Å². The quantitative estimate of drug-likeness (QED) is 0.559. The number of rotatable bonds is 0. The number of nitrogens with one attached hydrogen (secondary N) is 2. The monoisotopic (exact) mass is 252 g/mol. The van der Waals surface area contributed by atoms with Crippen LogP contribution in [0.2, 0.25) is 0 Å². The van der Waals surface area contributed by atoms with Gasteiger partial charge in [0.05, 0.1) is 5.39 Å². The zero-order valence-corrected chi connectivity index (χ0v) is 10.4. The zero-order chi connectivity index (χ0) is 11.1. The van der Waals surface area contributed by atoms with Gasteiger partial charge < -0.3 is 4.98 Å². The van der Waals surface area contributed by atoms with E-state index in [0.717, 1.165) is 23.1 Å². The molecule has 0 unspecified atom stereocenters. The lowest BCUT2D eigenvalue weighted by Gasteiger charge is -1.96. The summed E-state index contributed by atoms with van der Waals surface area (Å²) in [5.74, 6) is 0. The lowest BCUT2D eigenvalue weighted by atomic mass is 10.1. The second-order valence-electron chi connectivity index (χ2n) is 4.18. The lowest BCUT2D eigenvalue weighted by Crippen LogP contribution is -2.08. The van der Waals surface area contributed by atoms with Crippen LogP contribution in [0, 0.1) is 4.77 Å². The van der Waals surface area contributed by atoms with Gasteiger partial charge in [-0.3, -0.25) is 9.78 Å². The molecule has 0 bridgehead atoms. The Bertz CT molecular complexity index is 650. The Labute approximate surface area is 102 Å². The van der Waals surface area contributed by atoms with E-state index in [9.17, 15) is 4.79 Å². The molecule has 0 atom stereocenters. The number of fused-ring (bicyclic) bond motifs is 3. The highest BCUT2D eigenvalue weighted by atomic mass is 32.1. The van der Waals surface area contributed by atoms with Gasteiger partial charge in [-0.15, -0.1) is 11.3 Å². The Kier molecular flexibility index (Phi) is 2.44. The number of thiophene rings is 1. The SMILES string of the molecule is O=c1[nH]c(=S)[nH]c2sc3c(c12)CCCCC3. The highest BCUT2D eigenvalue weighted by molar-refractivity contribution is 7.71. The van der Waals surface area contributed by atoms with Crippen molar-refractivity contribution >= 4 is 33.8 Å². The number of hydrogen-bond acceptors (Lipinski definition) is 3. The molecule has 2 aromatic rings. The Balaban J connectivity index is 2.38. The lowest BCUT2D eigenvalue weighted by molar-refractivity contribution is 0.713. The van der Waals surface area contributed by atoms with Crippen molar-refractivity contribution in [1.82, 2.24) is 9.97 Å². The fraction of sp³-hybridized carbons (Fsp3) is 0.455. The normalized spacial score (nSPS) is 16.0. The van der Waals surface area contributed by atoms with Gasteiger partial charge in [0.25, 0.3) is 5.56 Å². The third kappa shape index (κ3) is 1.55. The van der Waals surface area contributed by atoms with E-state index in [2.05, 4.69) is 9.97 Å². The van der Waals surface area contributed by atoms with Crippen molar-refractivity contribution in [3.05, 3.63) is 25.6 Å². The summed E-state index contributed by atoms with van der Waals surface area (Å²) in [4.78, 5) is 20.0. The maximum Gasteiger partial charge on any atom is 0.260 e. The van der Waals surface area contributed by atoms with E-state index in [4.69, 9.17) is 12.2 Å². The van der Waals surface area contributed by atoms with Gasteiger partial charge >= 0.3 is 0 Å². The number of aromatic nitrogens is 2. The second kappa shape index (κ2) is 3.82. The highest BCUT2D eigenvalue weighted by Gasteiger charge is 2.17. The highest BCUT2D eigenvalue weighted by Crippen LogP contribution is 2.32. The summed E-state index contributed by atoms with van der Waals surface area (Å²) in [7, 11) is 0. The predicted molar refractivity (Wildman–Crippen MR) is 68.9 cm³/mol. The van der Waals surface area contributed by atoms with Crippen LogP contribution in [0.5, 0.6) is 0 Å². The first-order valence-corrected chi connectivity index (χ1v) is 6.75. The Morgan fingerprint density at radius 1 is 1.12 bits per heavy atom. The Morgan fingerprint density at radius 3 is 2.81 bits per heavy atom. The molecule has 0 amide bonds. The molecule has 2 heterocycles. The molecule has 0 radical (unpaired) electrons. The molecule has 84 valence electrons.